The van der Waals surface area contributed by atoms with E-state index in [1.54, 1.807) is 24.3 Å². The maximum absolute atomic E-state index is 12.3. The van der Waals surface area contributed by atoms with Gasteiger partial charge in [0.05, 0.1) is 85.3 Å². The Hall–Kier alpha value is -9.04. The molecule has 0 unspecified atom stereocenters. The van der Waals surface area contributed by atoms with Crippen molar-refractivity contribution < 1.29 is 28.4 Å². The number of nitrogen functional groups attached to an aromatic ring is 1. The zero-order valence-electron chi connectivity index (χ0n) is 53.2. The number of nitrogens with two attached hydrogens (primary N) is 7. The Labute approximate surface area is 569 Å². The summed E-state index contributed by atoms with van der Waals surface area (Å²) in [7, 11) is 0. The Bertz CT molecular complexity index is 3700. The highest BCUT2D eigenvalue weighted by Crippen LogP contribution is 2.29. The number of nitriles is 3. The number of hydrogen-bond donors (Lipinski definition) is 12. The van der Waals surface area contributed by atoms with Gasteiger partial charge in [-0.05, 0) is 179 Å². The van der Waals surface area contributed by atoms with Gasteiger partial charge in [-0.15, -0.1) is 0 Å². The van der Waals surface area contributed by atoms with Gasteiger partial charge < -0.3 is 66.7 Å². The van der Waals surface area contributed by atoms with Crippen LogP contribution in [0.4, 0.5) is 47.8 Å². The van der Waals surface area contributed by atoms with Crippen LogP contribution in [-0.4, -0.2) is 86.8 Å². The van der Waals surface area contributed by atoms with Gasteiger partial charge in [0, 0.05) is 0 Å². The molecule has 7 aromatic rings. The summed E-state index contributed by atoms with van der Waals surface area (Å²) in [6.07, 6.45) is 8.03. The van der Waals surface area contributed by atoms with E-state index in [2.05, 4.69) is 91.5 Å². The quantitative estimate of drug-likeness (QED) is 0.0283. The van der Waals surface area contributed by atoms with Crippen LogP contribution in [0, 0.1) is 84.3 Å². The summed E-state index contributed by atoms with van der Waals surface area (Å²) in [6.45, 7) is 21.8. The van der Waals surface area contributed by atoms with Crippen LogP contribution >= 0.6 is 66.5 Å². The molecule has 19 N–H and O–H groups in total. The number of rotatable bonds is 23. The zero-order chi connectivity index (χ0) is 70.2. The van der Waals surface area contributed by atoms with E-state index in [1.165, 1.54) is 59.3 Å². The number of anilines is 8. The summed E-state index contributed by atoms with van der Waals surface area (Å²) in [5.41, 5.74) is 43.7. The number of amides is 5. The first kappa shape index (κ1) is 80.1. The first-order chi connectivity index (χ1) is 43.6. The summed E-state index contributed by atoms with van der Waals surface area (Å²) in [5.74, 6) is -1.37. The SMILES string of the molecule is CC(C)C[C@@H](N)C(N)=O.CC(C)C[C@@H](Nc1cnc(C#N)c(Br)c1)C(N)=O.Cc1cc(N)sn1.Cc1cc(Nc2cc(N[C@H](CC(C)C)C(N)=O)cnc2C#N)sn1.Cc1cc(Nc2cc(N[C@H](CC(C)C)C(N)=O)cnc2C(N)=O)sn1.N#Cc1ncc(F)cc1Br. The molecule has 0 saturated heterocycles. The summed E-state index contributed by atoms with van der Waals surface area (Å²) in [5, 5.41) is 44.1. The molecule has 0 aliphatic heterocycles. The third-order valence-corrected chi connectivity index (χ3v) is 15.2. The van der Waals surface area contributed by atoms with Crippen LogP contribution in [0.3, 0.4) is 0 Å². The Morgan fingerprint density at radius 2 is 0.871 bits per heavy atom. The van der Waals surface area contributed by atoms with Crippen molar-refractivity contribution in [3.63, 3.8) is 0 Å². The van der Waals surface area contributed by atoms with Gasteiger partial charge in [0.15, 0.2) is 22.8 Å². The van der Waals surface area contributed by atoms with Crippen LogP contribution in [0.2, 0.25) is 0 Å². The second-order valence-corrected chi connectivity index (χ2v) is 26.2. The van der Waals surface area contributed by atoms with Crippen molar-refractivity contribution >= 4 is 139 Å². The molecule has 0 bridgehead atoms. The molecule has 33 heteroatoms. The summed E-state index contributed by atoms with van der Waals surface area (Å²) >= 11 is 10.1. The summed E-state index contributed by atoms with van der Waals surface area (Å²) in [4.78, 5) is 72.2. The van der Waals surface area contributed by atoms with Crippen LogP contribution in [0.25, 0.3) is 0 Å². The lowest BCUT2D eigenvalue weighted by Crippen LogP contribution is -2.37. The van der Waals surface area contributed by atoms with E-state index in [9.17, 15) is 33.6 Å². The van der Waals surface area contributed by atoms with Crippen molar-refractivity contribution in [2.45, 2.75) is 126 Å². The largest absolute Gasteiger partial charge is 0.389 e. The van der Waals surface area contributed by atoms with Gasteiger partial charge in [-0.2, -0.15) is 28.9 Å². The minimum atomic E-state index is -0.649. The molecular weight excluding hydrogens is 1380 g/mol. The van der Waals surface area contributed by atoms with Crippen molar-refractivity contribution in [3.8, 4) is 18.2 Å². The normalized spacial score (nSPS) is 11.6. The minimum absolute atomic E-state index is 0.107. The van der Waals surface area contributed by atoms with Crippen LogP contribution in [-0.2, 0) is 19.2 Å². The van der Waals surface area contributed by atoms with Crippen molar-refractivity contribution in [3.05, 3.63) is 122 Å². The molecule has 7 rings (SSSR count). The minimum Gasteiger partial charge on any atom is -0.389 e. The highest BCUT2D eigenvalue weighted by Gasteiger charge is 2.21. The molecule has 5 amide bonds. The van der Waals surface area contributed by atoms with Gasteiger partial charge >= 0.3 is 0 Å². The average Bonchev–Trinajstić information content (AvgIpc) is 1.72. The molecular formula is C60H79Br2FN22O5S3. The maximum Gasteiger partial charge on any atom is 0.269 e. The molecule has 93 heavy (non-hydrogen) atoms. The van der Waals surface area contributed by atoms with E-state index in [1.807, 2.05) is 106 Å². The van der Waals surface area contributed by atoms with Crippen LogP contribution in [0.1, 0.15) is 126 Å². The fourth-order valence-electron chi connectivity index (χ4n) is 7.53. The van der Waals surface area contributed by atoms with Crippen molar-refractivity contribution in [2.24, 2.45) is 58.1 Å². The van der Waals surface area contributed by atoms with E-state index in [0.717, 1.165) is 38.3 Å². The number of nitrogens with zero attached hydrogens (tertiary/aromatic N) is 10. The number of carbonyl (C=O) groups excluding carboxylic acids is 5. The maximum atomic E-state index is 12.3. The smallest absolute Gasteiger partial charge is 0.269 e. The molecule has 0 spiro atoms. The number of carbonyl (C=O) groups is 5. The Morgan fingerprint density at radius 3 is 1.18 bits per heavy atom. The molecule has 0 aliphatic carbocycles. The Balaban J connectivity index is 0.000000402. The van der Waals surface area contributed by atoms with Gasteiger partial charge in [0.25, 0.3) is 5.91 Å². The predicted molar refractivity (Wildman–Crippen MR) is 371 cm³/mol. The molecule has 0 fully saturated rings. The van der Waals surface area contributed by atoms with Gasteiger partial charge in [0.2, 0.25) is 23.6 Å². The molecule has 7 heterocycles. The highest BCUT2D eigenvalue weighted by atomic mass is 79.9. The van der Waals surface area contributed by atoms with Gasteiger partial charge in [-0.25, -0.2) is 24.3 Å². The lowest BCUT2D eigenvalue weighted by molar-refractivity contribution is -0.120. The molecule has 4 atom stereocenters. The zero-order valence-corrected chi connectivity index (χ0v) is 58.8. The lowest BCUT2D eigenvalue weighted by Gasteiger charge is -2.19. The van der Waals surface area contributed by atoms with Gasteiger partial charge in [-0.1, -0.05) is 55.4 Å². The number of hydrogen-bond acceptors (Lipinski definition) is 25. The molecule has 0 saturated carbocycles. The van der Waals surface area contributed by atoms with Crippen LogP contribution in [0.15, 0.2) is 76.2 Å². The van der Waals surface area contributed by atoms with Gasteiger partial charge in [0.1, 0.15) is 57.2 Å². The fourth-order valence-corrected chi connectivity index (χ4v) is 10.3. The lowest BCUT2D eigenvalue weighted by atomic mass is 10.0. The number of halogens is 3. The summed E-state index contributed by atoms with van der Waals surface area (Å²) in [6, 6.07) is 15.8. The predicted octanol–water partition coefficient (Wildman–Crippen LogP) is 9.54. The third kappa shape index (κ3) is 31.2. The monoisotopic (exact) mass is 1460 g/mol. The number of aromatic nitrogens is 7. The Kier molecular flexibility index (Phi) is 35.1. The van der Waals surface area contributed by atoms with Gasteiger partial charge in [-0.3, -0.25) is 24.0 Å². The van der Waals surface area contributed by atoms with E-state index in [-0.39, 0.29) is 17.1 Å². The topological polar surface area (TPSA) is 489 Å². The second kappa shape index (κ2) is 40.7. The number of pyridine rings is 4. The summed E-state index contributed by atoms with van der Waals surface area (Å²) < 4.78 is 25.6. The third-order valence-electron chi connectivity index (χ3n) is 11.7. The molecule has 0 aromatic carbocycles. The fraction of sp³-hybridized carbons (Fsp3) is 0.383. The average molecular weight is 1460 g/mol. The molecule has 7 aromatic heterocycles. The molecule has 0 radical (unpaired) electrons. The van der Waals surface area contributed by atoms with E-state index < -0.39 is 59.5 Å². The van der Waals surface area contributed by atoms with E-state index >= 15 is 0 Å². The standard InChI is InChI=1S/C16H22N6O2S.C16H20N6OS.C12H15BrN4O.C6H2BrFN2.C6H14N2O.C4H6N2S/c1-8(2)4-12(15(17)23)20-10-6-11(14(16(18)24)19-7-10)21-13-5-9(3)22-25-13;1-9(2)4-13(16(18)23)20-11-6-12(14(7-17)19-8-11)21-15-5-10(3)22-24-15;1-7(2)3-10(12(15)18)17-8-4-9(13)11(5-14)16-6-8;7-5-1-4(8)3-10-6(5)2-9;1-4(2)3-5(7)6(8)9;1-3-2-4(5)7-6-3/h5-8,12,20-21H,4H2,1-3H3,(H2,17,23)(H2,18,24);5-6,8-9,13,20-21H,4H2,1-3H3,(H2,18,23);4,6-7,10,17H,3H2,1-2H3,(H2,15,18);1,3H;4-5H,3,7H2,1-2H3,(H2,8,9);2H,5H2,1H3/t12-;13-;10-;;5-;/m111.1./s1. The van der Waals surface area contributed by atoms with Crippen molar-refractivity contribution in [1.29, 1.82) is 15.8 Å². The van der Waals surface area contributed by atoms with Crippen molar-refractivity contribution in [1.82, 2.24) is 33.1 Å². The van der Waals surface area contributed by atoms with Crippen LogP contribution < -0.4 is 66.7 Å². The number of nitrogens with one attached hydrogen (secondary N) is 5. The molecule has 498 valence electrons. The first-order valence-electron chi connectivity index (χ1n) is 28.4. The highest BCUT2D eigenvalue weighted by molar-refractivity contribution is 9.10. The molecule has 27 nitrogen and oxygen atoms in total. The second-order valence-electron chi connectivity index (χ2n) is 22.1. The number of aryl methyl sites for hydroxylation is 3. The number of primary amides is 5. The first-order valence-corrected chi connectivity index (χ1v) is 32.3. The van der Waals surface area contributed by atoms with E-state index in [4.69, 9.17) is 50.7 Å². The van der Waals surface area contributed by atoms with Crippen molar-refractivity contribution in [2.75, 3.05) is 32.3 Å². The molecule has 0 aliphatic rings. The van der Waals surface area contributed by atoms with Crippen LogP contribution in [0.5, 0.6) is 0 Å². The Morgan fingerprint density at radius 1 is 0.505 bits per heavy atom. The van der Waals surface area contributed by atoms with E-state index in [0.29, 0.717) is 92.4 Å².